The molecular weight excluding hydrogens is 175 g/mol. The maximum absolute atomic E-state index is 5.74. The zero-order valence-electron chi connectivity index (χ0n) is 6.91. The van der Waals surface area contributed by atoms with E-state index < -0.39 is 0 Å². The van der Waals surface area contributed by atoms with Gasteiger partial charge in [0.05, 0.1) is 11.9 Å². The minimum Gasteiger partial charge on any atom is -0.385 e. The molecule has 1 fully saturated rings. The first-order chi connectivity index (χ1) is 5.72. The summed E-state index contributed by atoms with van der Waals surface area (Å²) in [7, 11) is 2.28. The van der Waals surface area contributed by atoms with Gasteiger partial charge in [0.15, 0.2) is 0 Å². The van der Waals surface area contributed by atoms with Crippen LogP contribution in [0.3, 0.4) is 0 Å². The molecule has 2 bridgehead atoms. The molecule has 4 atom stereocenters. The van der Waals surface area contributed by atoms with E-state index in [1.807, 2.05) is 6.92 Å². The molecule has 0 aliphatic carbocycles. The number of ether oxygens (including phenoxy) is 1. The lowest BCUT2D eigenvalue weighted by atomic mass is 10.1. The van der Waals surface area contributed by atoms with Crippen molar-refractivity contribution in [1.29, 1.82) is 0 Å². The average molecular weight is 188 g/mol. The van der Waals surface area contributed by atoms with Gasteiger partial charge in [-0.05, 0) is 12.5 Å². The van der Waals surface area contributed by atoms with E-state index in [1.165, 1.54) is 0 Å². The largest absolute Gasteiger partial charge is 0.385 e. The van der Waals surface area contributed by atoms with Crippen molar-refractivity contribution in [2.45, 2.75) is 31.8 Å². The van der Waals surface area contributed by atoms with Gasteiger partial charge >= 0.3 is 0 Å². The van der Waals surface area contributed by atoms with Gasteiger partial charge in [-0.2, -0.15) is 0 Å². The van der Waals surface area contributed by atoms with Crippen LogP contribution in [0.15, 0.2) is 11.4 Å². The molecule has 0 aromatic heterocycles. The smallest absolute Gasteiger partial charge is 0.132 e. The van der Waals surface area contributed by atoms with E-state index >= 15 is 0 Å². The summed E-state index contributed by atoms with van der Waals surface area (Å²) in [5.74, 6) is 0.737. The number of hydrogen-bond acceptors (Lipinski definition) is 4. The third-order valence-electron chi connectivity index (χ3n) is 2.44. The fraction of sp³-hybridized carbons (Fsp3) is 0.714. The third kappa shape index (κ3) is 1.11. The van der Waals surface area contributed by atoms with Crippen molar-refractivity contribution < 1.29 is 9.26 Å². The van der Waals surface area contributed by atoms with Crippen molar-refractivity contribution in [3.05, 3.63) is 11.4 Å². The molecule has 1 saturated heterocycles. The van der Waals surface area contributed by atoms with Crippen molar-refractivity contribution in [3.8, 4) is 0 Å². The molecule has 0 saturated carbocycles. The molecule has 0 aromatic carbocycles. The lowest BCUT2D eigenvalue weighted by molar-refractivity contribution is 0.0183. The Kier molecular flexibility index (Phi) is 1.99. The van der Waals surface area contributed by atoms with E-state index in [0.29, 0.717) is 0 Å². The van der Waals surface area contributed by atoms with Crippen molar-refractivity contribution >= 4 is 9.47 Å². The zero-order chi connectivity index (χ0) is 8.72. The van der Waals surface area contributed by atoms with Crippen LogP contribution in [-0.2, 0) is 9.26 Å². The number of rotatable bonds is 1. The van der Waals surface area contributed by atoms with E-state index in [1.54, 1.807) is 0 Å². The molecule has 0 spiro atoms. The highest BCUT2D eigenvalue weighted by Crippen LogP contribution is 2.32. The Hall–Kier alpha value is -0.310. The van der Waals surface area contributed by atoms with Crippen LogP contribution in [0.5, 0.6) is 0 Å². The highest BCUT2D eigenvalue weighted by Gasteiger charge is 2.40. The molecule has 0 aromatic rings. The van der Waals surface area contributed by atoms with E-state index in [-0.39, 0.29) is 18.4 Å². The van der Waals surface area contributed by atoms with Gasteiger partial charge in [-0.1, -0.05) is 0 Å². The first kappa shape index (κ1) is 8.30. The maximum Gasteiger partial charge on any atom is 0.132 e. The van der Waals surface area contributed by atoms with Crippen LogP contribution in [0.25, 0.3) is 0 Å². The number of nitrogens with one attached hydrogen (secondary N) is 1. The van der Waals surface area contributed by atoms with E-state index in [4.69, 9.17) is 15.0 Å². The molecule has 0 amide bonds. The molecule has 5 heteroatoms. The van der Waals surface area contributed by atoms with E-state index in [2.05, 4.69) is 14.8 Å². The molecule has 68 valence electrons. The van der Waals surface area contributed by atoms with E-state index in [9.17, 15) is 0 Å². The Morgan fingerprint density at radius 2 is 2.50 bits per heavy atom. The molecule has 2 aliphatic heterocycles. The van der Waals surface area contributed by atoms with Crippen molar-refractivity contribution in [3.63, 3.8) is 0 Å². The van der Waals surface area contributed by atoms with Crippen LogP contribution in [0.2, 0.25) is 0 Å². The van der Waals surface area contributed by atoms with Crippen molar-refractivity contribution in [1.82, 2.24) is 5.32 Å². The molecule has 0 radical (unpaired) electrons. The molecule has 2 aliphatic rings. The normalized spacial score (nSPS) is 40.0. The van der Waals surface area contributed by atoms with Crippen LogP contribution in [-0.4, -0.2) is 18.4 Å². The Morgan fingerprint density at radius 3 is 3.17 bits per heavy atom. The Balaban J connectivity index is 2.24. The van der Waals surface area contributed by atoms with Crippen LogP contribution in [0.1, 0.15) is 13.3 Å². The third-order valence-corrected chi connectivity index (χ3v) is 2.79. The number of hydrogen-bond donors (Lipinski definition) is 2. The molecule has 3 N–H and O–H groups in total. The van der Waals surface area contributed by atoms with Crippen LogP contribution in [0.4, 0.5) is 0 Å². The molecule has 2 heterocycles. The topological polar surface area (TPSA) is 56.5 Å². The lowest BCUT2D eigenvalue weighted by Crippen LogP contribution is -2.38. The molecular formula is C7H13N2O2P. The standard InChI is InChI=1S/C7H13N2O2P/c1-3-6-4(11-12)2-5(10-6)9-7(3)8/h4-6,9H,2,8,12H2,1H3. The molecule has 12 heavy (non-hydrogen) atoms. The van der Waals surface area contributed by atoms with Crippen molar-refractivity contribution in [2.24, 2.45) is 5.73 Å². The maximum atomic E-state index is 5.74. The summed E-state index contributed by atoms with van der Waals surface area (Å²) in [4.78, 5) is 0. The summed E-state index contributed by atoms with van der Waals surface area (Å²) in [6.45, 7) is 1.96. The highest BCUT2D eigenvalue weighted by molar-refractivity contribution is 7.09. The van der Waals surface area contributed by atoms with Crippen molar-refractivity contribution in [2.75, 3.05) is 0 Å². The summed E-state index contributed by atoms with van der Waals surface area (Å²) in [6, 6.07) is 0. The second-order valence-electron chi connectivity index (χ2n) is 3.20. The summed E-state index contributed by atoms with van der Waals surface area (Å²) in [5, 5.41) is 3.07. The monoisotopic (exact) mass is 188 g/mol. The van der Waals surface area contributed by atoms with E-state index in [0.717, 1.165) is 17.8 Å². The van der Waals surface area contributed by atoms with Gasteiger partial charge in [-0.15, -0.1) is 0 Å². The molecule has 4 unspecified atom stereocenters. The summed E-state index contributed by atoms with van der Waals surface area (Å²) in [5.41, 5.74) is 6.78. The fourth-order valence-corrected chi connectivity index (χ4v) is 1.95. The van der Waals surface area contributed by atoms with Crippen LogP contribution < -0.4 is 11.1 Å². The Labute approximate surface area is 73.8 Å². The van der Waals surface area contributed by atoms with Gasteiger partial charge in [-0.3, -0.25) is 0 Å². The number of fused-ring (bicyclic) bond motifs is 2. The fourth-order valence-electron chi connectivity index (χ4n) is 1.70. The minimum atomic E-state index is 0.0317. The second-order valence-corrected chi connectivity index (χ2v) is 3.47. The Bertz CT molecular complexity index is 231. The summed E-state index contributed by atoms with van der Waals surface area (Å²) in [6.07, 6.45) is 1.04. The van der Waals surface area contributed by atoms with Crippen LogP contribution in [0, 0.1) is 0 Å². The Morgan fingerprint density at radius 1 is 1.75 bits per heavy atom. The van der Waals surface area contributed by atoms with Crippen LogP contribution >= 0.6 is 9.47 Å². The molecule has 4 nitrogen and oxygen atoms in total. The first-order valence-electron chi connectivity index (χ1n) is 3.96. The van der Waals surface area contributed by atoms with Gasteiger partial charge < -0.3 is 20.3 Å². The van der Waals surface area contributed by atoms with Gasteiger partial charge in [-0.25, -0.2) is 0 Å². The second kappa shape index (κ2) is 2.87. The van der Waals surface area contributed by atoms with Gasteiger partial charge in [0.2, 0.25) is 0 Å². The zero-order valence-corrected chi connectivity index (χ0v) is 8.07. The summed E-state index contributed by atoms with van der Waals surface area (Å²) < 4.78 is 10.8. The average Bonchev–Trinajstić information content (AvgIpc) is 2.41. The summed E-state index contributed by atoms with van der Waals surface area (Å²) >= 11 is 0. The van der Waals surface area contributed by atoms with Gasteiger partial charge in [0.25, 0.3) is 0 Å². The SMILES string of the molecule is CC1=C(N)NC2CC(OP)C1O2. The molecule has 2 rings (SSSR count). The first-order valence-corrected chi connectivity index (χ1v) is 4.43. The highest BCUT2D eigenvalue weighted by atomic mass is 31.0. The lowest BCUT2D eigenvalue weighted by Gasteiger charge is -2.25. The predicted octanol–water partition coefficient (Wildman–Crippen LogP) is 0.0701. The number of nitrogens with two attached hydrogens (primary N) is 1. The predicted molar refractivity (Wildman–Crippen MR) is 47.9 cm³/mol. The quantitative estimate of drug-likeness (QED) is 0.572. The van der Waals surface area contributed by atoms with Gasteiger partial charge in [0.1, 0.15) is 12.3 Å². The minimum absolute atomic E-state index is 0.0317. The van der Waals surface area contributed by atoms with Gasteiger partial charge in [0, 0.05) is 15.9 Å².